The molecule has 6 heteroatoms. The largest absolute Gasteiger partial charge is 0.380 e. The molecular weight excluding hydrogens is 391 g/mol. The Hall–Kier alpha value is -1.98. The Morgan fingerprint density at radius 2 is 2.14 bits per heavy atom. The number of aromatic nitrogens is 1. The third-order valence-electron chi connectivity index (χ3n) is 2.89. The van der Waals surface area contributed by atoms with E-state index in [-0.39, 0.29) is 0 Å². The average Bonchev–Trinajstić information content (AvgIpc) is 2.49. The lowest BCUT2D eigenvalue weighted by Crippen LogP contribution is -2.03. The van der Waals surface area contributed by atoms with Crippen LogP contribution in [0.4, 0.5) is 5.82 Å². The normalized spacial score (nSPS) is 10.6. The van der Waals surface area contributed by atoms with Crippen LogP contribution in [0.25, 0.3) is 0 Å². The smallest absolute Gasteiger partial charge is 0.164 e. The molecule has 0 aliphatic rings. The number of nitrogens with one attached hydrogen (secondary N) is 1. The Morgan fingerprint density at radius 1 is 1.41 bits per heavy atom. The summed E-state index contributed by atoms with van der Waals surface area (Å²) in [5, 5.41) is 13.5. The number of hydrogen-bond donors (Lipinski definition) is 1. The van der Waals surface area contributed by atoms with Gasteiger partial charge in [-0.1, -0.05) is 12.1 Å². The van der Waals surface area contributed by atoms with Crippen LogP contribution in [0.2, 0.25) is 0 Å². The quantitative estimate of drug-likeness (QED) is 0.469. The maximum Gasteiger partial charge on any atom is 0.164 e. The van der Waals surface area contributed by atoms with Gasteiger partial charge in [0.15, 0.2) is 5.82 Å². The third-order valence-corrected chi connectivity index (χ3v) is 3.61. The molecule has 22 heavy (non-hydrogen) atoms. The molecule has 5 nitrogen and oxygen atoms in total. The second-order valence-electron chi connectivity index (χ2n) is 4.61. The summed E-state index contributed by atoms with van der Waals surface area (Å²) >= 11 is 2.25. The fraction of sp³-hybridized carbons (Fsp3) is 0.188. The number of rotatable bonds is 5. The van der Waals surface area contributed by atoms with Crippen molar-refractivity contribution in [2.45, 2.75) is 13.5 Å². The summed E-state index contributed by atoms with van der Waals surface area (Å²) in [5.74, 6) is 0.441. The lowest BCUT2D eigenvalue weighted by molar-refractivity contribution is 0.184. The van der Waals surface area contributed by atoms with Gasteiger partial charge >= 0.3 is 0 Å². The van der Waals surface area contributed by atoms with Crippen molar-refractivity contribution in [3.8, 4) is 6.07 Å². The van der Waals surface area contributed by atoms with Crippen LogP contribution in [-0.2, 0) is 11.3 Å². The maximum atomic E-state index is 9.33. The zero-order chi connectivity index (χ0) is 15.9. The monoisotopic (exact) mass is 406 g/mol. The minimum absolute atomic E-state index is 0.363. The molecule has 0 unspecified atom stereocenters. The average molecular weight is 406 g/mol. The first kappa shape index (κ1) is 16.4. The van der Waals surface area contributed by atoms with Gasteiger partial charge in [-0.25, -0.2) is 4.98 Å². The van der Waals surface area contributed by atoms with Gasteiger partial charge in [-0.15, -0.1) is 0 Å². The Bertz CT molecular complexity index is 720. The molecule has 0 saturated heterocycles. The molecule has 0 amide bonds. The van der Waals surface area contributed by atoms with Crippen LogP contribution >= 0.6 is 22.6 Å². The number of nitrogens with zero attached hydrogens (tertiary/aromatic N) is 3. The van der Waals surface area contributed by atoms with Gasteiger partial charge in [0.2, 0.25) is 0 Å². The molecule has 0 radical (unpaired) electrons. The second-order valence-corrected chi connectivity index (χ2v) is 5.86. The SMILES string of the molecule is COCc1cc(C)nc(N/N=C\c2ccc(I)cc2)c1C#N. The van der Waals surface area contributed by atoms with E-state index in [4.69, 9.17) is 4.74 Å². The van der Waals surface area contributed by atoms with Crippen LogP contribution in [0.3, 0.4) is 0 Å². The molecule has 2 aromatic rings. The van der Waals surface area contributed by atoms with Crippen molar-refractivity contribution in [3.63, 3.8) is 0 Å². The van der Waals surface area contributed by atoms with E-state index in [2.05, 4.69) is 44.2 Å². The summed E-state index contributed by atoms with van der Waals surface area (Å²) in [6.07, 6.45) is 1.69. The molecule has 0 atom stereocenters. The highest BCUT2D eigenvalue weighted by Gasteiger charge is 2.10. The van der Waals surface area contributed by atoms with Gasteiger partial charge in [-0.3, -0.25) is 5.43 Å². The number of ether oxygens (including phenoxy) is 1. The van der Waals surface area contributed by atoms with Crippen LogP contribution in [0.1, 0.15) is 22.4 Å². The summed E-state index contributed by atoms with van der Waals surface area (Å²) in [4.78, 5) is 4.33. The minimum Gasteiger partial charge on any atom is -0.380 e. The van der Waals surface area contributed by atoms with Gasteiger partial charge in [0.05, 0.1) is 12.8 Å². The topological polar surface area (TPSA) is 70.3 Å². The molecule has 0 aliphatic heterocycles. The van der Waals surface area contributed by atoms with Crippen molar-refractivity contribution in [2.75, 3.05) is 12.5 Å². The first-order chi connectivity index (χ1) is 10.6. The molecule has 0 saturated carbocycles. The van der Waals surface area contributed by atoms with E-state index < -0.39 is 0 Å². The number of pyridine rings is 1. The van der Waals surface area contributed by atoms with Crippen molar-refractivity contribution in [1.82, 2.24) is 4.98 Å². The van der Waals surface area contributed by atoms with Crippen molar-refractivity contribution in [3.05, 3.63) is 56.3 Å². The number of benzene rings is 1. The lowest BCUT2D eigenvalue weighted by Gasteiger charge is -2.09. The van der Waals surface area contributed by atoms with E-state index >= 15 is 0 Å². The van der Waals surface area contributed by atoms with Crippen molar-refractivity contribution >= 4 is 34.6 Å². The lowest BCUT2D eigenvalue weighted by atomic mass is 10.1. The molecular formula is C16H15IN4O. The molecule has 1 aromatic carbocycles. The van der Waals surface area contributed by atoms with Crippen LogP contribution in [0, 0.1) is 21.8 Å². The standard InChI is InChI=1S/C16H15IN4O/c1-11-7-13(10-22-2)15(8-18)16(20-11)21-19-9-12-3-5-14(17)6-4-12/h3-7,9H,10H2,1-2H3,(H,20,21)/b19-9-. The Kier molecular flexibility index (Phi) is 5.86. The highest BCUT2D eigenvalue weighted by atomic mass is 127. The van der Waals surface area contributed by atoms with Gasteiger partial charge in [0, 0.05) is 21.9 Å². The van der Waals surface area contributed by atoms with E-state index in [0.717, 1.165) is 16.8 Å². The molecule has 1 N–H and O–H groups in total. The van der Waals surface area contributed by atoms with E-state index in [1.165, 1.54) is 3.57 Å². The summed E-state index contributed by atoms with van der Waals surface area (Å²) in [5.41, 5.74) is 5.86. The van der Waals surface area contributed by atoms with Crippen LogP contribution in [0.5, 0.6) is 0 Å². The maximum absolute atomic E-state index is 9.33. The van der Waals surface area contributed by atoms with Gasteiger partial charge in [0.25, 0.3) is 0 Å². The highest BCUT2D eigenvalue weighted by molar-refractivity contribution is 14.1. The number of nitriles is 1. The Morgan fingerprint density at radius 3 is 2.77 bits per heavy atom. The van der Waals surface area contributed by atoms with Crippen molar-refractivity contribution in [1.29, 1.82) is 5.26 Å². The predicted molar refractivity (Wildman–Crippen MR) is 94.8 cm³/mol. The zero-order valence-electron chi connectivity index (χ0n) is 12.3. The molecule has 0 spiro atoms. The summed E-state index contributed by atoms with van der Waals surface area (Å²) in [7, 11) is 1.60. The van der Waals surface area contributed by atoms with Crippen LogP contribution < -0.4 is 5.43 Å². The van der Waals surface area contributed by atoms with Crippen molar-refractivity contribution < 1.29 is 4.74 Å². The number of hydrogen-bond acceptors (Lipinski definition) is 5. The van der Waals surface area contributed by atoms with E-state index in [1.807, 2.05) is 37.3 Å². The summed E-state index contributed by atoms with van der Waals surface area (Å²) in [6.45, 7) is 2.23. The number of halogens is 1. The van der Waals surface area contributed by atoms with Gasteiger partial charge in [0.1, 0.15) is 11.6 Å². The van der Waals surface area contributed by atoms with Gasteiger partial charge < -0.3 is 4.74 Å². The molecule has 1 aromatic heterocycles. The molecule has 0 bridgehead atoms. The van der Waals surface area contributed by atoms with Crippen LogP contribution in [-0.4, -0.2) is 18.3 Å². The fourth-order valence-electron chi connectivity index (χ4n) is 1.93. The predicted octanol–water partition coefficient (Wildman–Crippen LogP) is 3.46. The van der Waals surface area contributed by atoms with E-state index in [0.29, 0.717) is 18.0 Å². The van der Waals surface area contributed by atoms with E-state index in [1.54, 1.807) is 13.3 Å². The van der Waals surface area contributed by atoms with Crippen molar-refractivity contribution in [2.24, 2.45) is 5.10 Å². The highest BCUT2D eigenvalue weighted by Crippen LogP contribution is 2.19. The van der Waals surface area contributed by atoms with E-state index in [9.17, 15) is 5.26 Å². The molecule has 2 rings (SSSR count). The number of anilines is 1. The molecule has 0 aliphatic carbocycles. The molecule has 112 valence electrons. The second kappa shape index (κ2) is 7.87. The Balaban J connectivity index is 2.22. The molecule has 1 heterocycles. The number of aryl methyl sites for hydroxylation is 1. The van der Waals surface area contributed by atoms with Gasteiger partial charge in [-0.05, 0) is 53.3 Å². The fourth-order valence-corrected chi connectivity index (χ4v) is 2.29. The first-order valence-corrected chi connectivity index (χ1v) is 7.66. The van der Waals surface area contributed by atoms with Gasteiger partial charge in [-0.2, -0.15) is 10.4 Å². The minimum atomic E-state index is 0.363. The third kappa shape index (κ3) is 4.26. The molecule has 0 fully saturated rings. The summed E-state index contributed by atoms with van der Waals surface area (Å²) in [6, 6.07) is 11.9. The van der Waals surface area contributed by atoms with Crippen LogP contribution in [0.15, 0.2) is 35.4 Å². The first-order valence-electron chi connectivity index (χ1n) is 6.58. The number of methoxy groups -OCH3 is 1. The Labute approximate surface area is 143 Å². The summed E-state index contributed by atoms with van der Waals surface area (Å²) < 4.78 is 6.29. The number of hydrazone groups is 1. The zero-order valence-corrected chi connectivity index (χ0v) is 14.5.